The Bertz CT molecular complexity index is 1030. The number of nitrogens with one attached hydrogen (secondary N) is 1. The average Bonchev–Trinajstić information content (AvgIpc) is 2.69. The standard InChI is InChI=1S/C23H22N2O2/c1-16-9-12-20(15-21(16)25-13-5-4-8-22(25)26)24-23(27)19-11-10-17-6-2-3-7-18(17)14-19/h2-3,6-7,9-12,14-15H,4-5,8,13H2,1H3,(H,24,27). The Hall–Kier alpha value is -3.14. The third-order valence-electron chi connectivity index (χ3n) is 5.09. The van der Waals surface area contributed by atoms with E-state index in [1.54, 1.807) is 0 Å². The van der Waals surface area contributed by atoms with Crippen molar-refractivity contribution in [2.45, 2.75) is 26.2 Å². The van der Waals surface area contributed by atoms with Gasteiger partial charge in [-0.15, -0.1) is 0 Å². The number of nitrogens with zero attached hydrogens (tertiary/aromatic N) is 1. The number of rotatable bonds is 3. The molecule has 4 rings (SSSR count). The zero-order valence-corrected chi connectivity index (χ0v) is 15.4. The summed E-state index contributed by atoms with van der Waals surface area (Å²) in [5, 5.41) is 5.11. The van der Waals surface area contributed by atoms with Crippen molar-refractivity contribution in [3.63, 3.8) is 0 Å². The van der Waals surface area contributed by atoms with Gasteiger partial charge in [-0.1, -0.05) is 36.4 Å². The second-order valence-corrected chi connectivity index (χ2v) is 7.02. The van der Waals surface area contributed by atoms with Crippen LogP contribution in [0.5, 0.6) is 0 Å². The van der Waals surface area contributed by atoms with Crippen LogP contribution >= 0.6 is 0 Å². The number of piperidine rings is 1. The van der Waals surface area contributed by atoms with Gasteiger partial charge in [0.2, 0.25) is 5.91 Å². The minimum atomic E-state index is -0.152. The predicted molar refractivity (Wildman–Crippen MR) is 109 cm³/mol. The molecule has 0 spiro atoms. The smallest absolute Gasteiger partial charge is 0.255 e. The van der Waals surface area contributed by atoms with Gasteiger partial charge < -0.3 is 10.2 Å². The summed E-state index contributed by atoms with van der Waals surface area (Å²) >= 11 is 0. The number of carbonyl (C=O) groups is 2. The molecule has 0 bridgehead atoms. The highest BCUT2D eigenvalue weighted by atomic mass is 16.2. The molecule has 0 aromatic heterocycles. The zero-order chi connectivity index (χ0) is 18.8. The molecule has 0 atom stereocenters. The van der Waals surface area contributed by atoms with E-state index < -0.39 is 0 Å². The molecule has 1 N–H and O–H groups in total. The molecule has 136 valence electrons. The molecule has 3 aromatic rings. The van der Waals surface area contributed by atoms with Crippen LogP contribution in [0.25, 0.3) is 10.8 Å². The maximum absolute atomic E-state index is 12.7. The number of hydrogen-bond donors (Lipinski definition) is 1. The first-order valence-electron chi connectivity index (χ1n) is 9.33. The highest BCUT2D eigenvalue weighted by Gasteiger charge is 2.21. The highest BCUT2D eigenvalue weighted by molar-refractivity contribution is 6.07. The fourth-order valence-corrected chi connectivity index (χ4v) is 3.57. The lowest BCUT2D eigenvalue weighted by molar-refractivity contribution is -0.119. The van der Waals surface area contributed by atoms with E-state index >= 15 is 0 Å². The van der Waals surface area contributed by atoms with Crippen LogP contribution in [-0.4, -0.2) is 18.4 Å². The van der Waals surface area contributed by atoms with E-state index in [-0.39, 0.29) is 11.8 Å². The van der Waals surface area contributed by atoms with Gasteiger partial charge in [0.1, 0.15) is 0 Å². The van der Waals surface area contributed by atoms with Crippen LogP contribution in [0, 0.1) is 6.92 Å². The first-order chi connectivity index (χ1) is 13.1. The van der Waals surface area contributed by atoms with Crippen molar-refractivity contribution in [3.05, 3.63) is 71.8 Å². The number of anilines is 2. The van der Waals surface area contributed by atoms with Crippen LogP contribution in [0.15, 0.2) is 60.7 Å². The molecule has 0 radical (unpaired) electrons. The molecule has 1 aliphatic rings. The van der Waals surface area contributed by atoms with Crippen molar-refractivity contribution in [1.82, 2.24) is 0 Å². The van der Waals surface area contributed by atoms with Crippen LogP contribution in [0.1, 0.15) is 35.2 Å². The SMILES string of the molecule is Cc1ccc(NC(=O)c2ccc3ccccc3c2)cc1N1CCCCC1=O. The summed E-state index contributed by atoms with van der Waals surface area (Å²) in [4.78, 5) is 26.8. The number of benzene rings is 3. The van der Waals surface area contributed by atoms with Crippen LogP contribution in [0.4, 0.5) is 11.4 Å². The Morgan fingerprint density at radius 2 is 1.78 bits per heavy atom. The second kappa shape index (κ2) is 7.23. The number of aryl methyl sites for hydroxylation is 1. The minimum absolute atomic E-state index is 0.152. The van der Waals surface area contributed by atoms with Gasteiger partial charge in [-0.05, 0) is 60.4 Å². The van der Waals surface area contributed by atoms with Crippen molar-refractivity contribution < 1.29 is 9.59 Å². The van der Waals surface area contributed by atoms with Gasteiger partial charge in [0.25, 0.3) is 5.91 Å². The Labute approximate surface area is 158 Å². The number of hydrogen-bond acceptors (Lipinski definition) is 2. The van der Waals surface area contributed by atoms with E-state index in [1.165, 1.54) is 0 Å². The maximum atomic E-state index is 12.7. The van der Waals surface area contributed by atoms with Gasteiger partial charge in [-0.25, -0.2) is 0 Å². The minimum Gasteiger partial charge on any atom is -0.322 e. The molecule has 4 heteroatoms. The van der Waals surface area contributed by atoms with E-state index in [4.69, 9.17) is 0 Å². The third kappa shape index (κ3) is 3.56. The molecule has 0 aliphatic carbocycles. The summed E-state index contributed by atoms with van der Waals surface area (Å²) < 4.78 is 0. The quantitative estimate of drug-likeness (QED) is 0.723. The number of carbonyl (C=O) groups excluding carboxylic acids is 2. The summed E-state index contributed by atoms with van der Waals surface area (Å²) in [6.07, 6.45) is 2.55. The molecular weight excluding hydrogens is 336 g/mol. The lowest BCUT2D eigenvalue weighted by Gasteiger charge is -2.28. The lowest BCUT2D eigenvalue weighted by Crippen LogP contribution is -2.35. The summed E-state index contributed by atoms with van der Waals surface area (Å²) in [5.74, 6) is 0.00267. The Morgan fingerprint density at radius 3 is 2.59 bits per heavy atom. The molecule has 0 saturated carbocycles. The van der Waals surface area contributed by atoms with Crippen LogP contribution in [0.2, 0.25) is 0 Å². The summed E-state index contributed by atoms with van der Waals surface area (Å²) in [6.45, 7) is 2.73. The maximum Gasteiger partial charge on any atom is 0.255 e. The lowest BCUT2D eigenvalue weighted by atomic mass is 10.1. The van der Waals surface area contributed by atoms with E-state index in [2.05, 4.69) is 5.32 Å². The summed E-state index contributed by atoms with van der Waals surface area (Å²) in [7, 11) is 0. The molecule has 4 nitrogen and oxygen atoms in total. The summed E-state index contributed by atoms with van der Waals surface area (Å²) in [5.41, 5.74) is 3.24. The highest BCUT2D eigenvalue weighted by Crippen LogP contribution is 2.28. The van der Waals surface area contributed by atoms with E-state index in [0.717, 1.165) is 41.4 Å². The van der Waals surface area contributed by atoms with Crippen LogP contribution in [-0.2, 0) is 4.79 Å². The van der Waals surface area contributed by atoms with Crippen molar-refractivity contribution in [2.75, 3.05) is 16.8 Å². The van der Waals surface area contributed by atoms with Gasteiger partial charge in [-0.2, -0.15) is 0 Å². The zero-order valence-electron chi connectivity index (χ0n) is 15.4. The van der Waals surface area contributed by atoms with Crippen LogP contribution < -0.4 is 10.2 Å². The molecule has 1 fully saturated rings. The van der Waals surface area contributed by atoms with Crippen molar-refractivity contribution >= 4 is 34.0 Å². The van der Waals surface area contributed by atoms with Gasteiger partial charge in [0, 0.05) is 29.9 Å². The fraction of sp³-hybridized carbons (Fsp3) is 0.217. The fourth-order valence-electron chi connectivity index (χ4n) is 3.57. The molecular formula is C23H22N2O2. The van der Waals surface area contributed by atoms with Crippen molar-refractivity contribution in [1.29, 1.82) is 0 Å². The van der Waals surface area contributed by atoms with Gasteiger partial charge >= 0.3 is 0 Å². The molecule has 3 aromatic carbocycles. The molecule has 0 unspecified atom stereocenters. The molecule has 27 heavy (non-hydrogen) atoms. The first kappa shape index (κ1) is 17.3. The van der Waals surface area contributed by atoms with Crippen LogP contribution in [0.3, 0.4) is 0 Å². The van der Waals surface area contributed by atoms with Gasteiger partial charge in [0.05, 0.1) is 0 Å². The Balaban J connectivity index is 1.59. The first-order valence-corrected chi connectivity index (χ1v) is 9.33. The Morgan fingerprint density at radius 1 is 0.963 bits per heavy atom. The predicted octanol–water partition coefficient (Wildman–Crippen LogP) is 4.92. The topological polar surface area (TPSA) is 49.4 Å². The molecule has 1 saturated heterocycles. The Kier molecular flexibility index (Phi) is 4.63. The monoisotopic (exact) mass is 358 g/mol. The van der Waals surface area contributed by atoms with E-state index in [1.807, 2.05) is 72.5 Å². The molecule has 1 heterocycles. The second-order valence-electron chi connectivity index (χ2n) is 7.02. The largest absolute Gasteiger partial charge is 0.322 e. The number of amides is 2. The van der Waals surface area contributed by atoms with Gasteiger partial charge in [-0.3, -0.25) is 9.59 Å². The normalized spacial score (nSPS) is 14.4. The van der Waals surface area contributed by atoms with Crippen molar-refractivity contribution in [3.8, 4) is 0 Å². The van der Waals surface area contributed by atoms with Crippen molar-refractivity contribution in [2.24, 2.45) is 0 Å². The van der Waals surface area contributed by atoms with E-state index in [9.17, 15) is 9.59 Å². The van der Waals surface area contributed by atoms with Gasteiger partial charge in [0.15, 0.2) is 0 Å². The molecule has 2 amide bonds. The number of fused-ring (bicyclic) bond motifs is 1. The average molecular weight is 358 g/mol. The van der Waals surface area contributed by atoms with E-state index in [0.29, 0.717) is 17.7 Å². The molecule has 1 aliphatic heterocycles. The summed E-state index contributed by atoms with van der Waals surface area (Å²) in [6, 6.07) is 19.4. The third-order valence-corrected chi connectivity index (χ3v) is 5.09.